The molecule has 1 aromatic carbocycles. The zero-order valence-electron chi connectivity index (χ0n) is 7.94. The molecule has 2 rings (SSSR count). The molecule has 0 saturated carbocycles. The first-order chi connectivity index (χ1) is 6.72. The SMILES string of the molecule is C#CC(C)n1ncc2ccc(N)cc21. The van der Waals surface area contributed by atoms with E-state index in [1.165, 1.54) is 0 Å². The van der Waals surface area contributed by atoms with E-state index in [-0.39, 0.29) is 6.04 Å². The summed E-state index contributed by atoms with van der Waals surface area (Å²) in [6.07, 6.45) is 7.14. The van der Waals surface area contributed by atoms with Crippen LogP contribution in [0.3, 0.4) is 0 Å². The highest BCUT2D eigenvalue weighted by Gasteiger charge is 2.06. The molecule has 0 amide bonds. The molecule has 0 aliphatic carbocycles. The van der Waals surface area contributed by atoms with Crippen molar-refractivity contribution in [3.63, 3.8) is 0 Å². The summed E-state index contributed by atoms with van der Waals surface area (Å²) < 4.78 is 1.80. The molecule has 2 N–H and O–H groups in total. The summed E-state index contributed by atoms with van der Waals surface area (Å²) >= 11 is 0. The quantitative estimate of drug-likeness (QED) is 0.544. The Labute approximate surface area is 82.5 Å². The van der Waals surface area contributed by atoms with E-state index in [1.54, 1.807) is 10.9 Å². The molecule has 0 spiro atoms. The Morgan fingerprint density at radius 1 is 1.57 bits per heavy atom. The van der Waals surface area contributed by atoms with Gasteiger partial charge in [-0.3, -0.25) is 4.68 Å². The number of aromatic nitrogens is 2. The fraction of sp³-hybridized carbons (Fsp3) is 0.182. The van der Waals surface area contributed by atoms with Crippen LogP contribution in [0.15, 0.2) is 24.4 Å². The van der Waals surface area contributed by atoms with E-state index in [1.807, 2.05) is 25.1 Å². The molecule has 70 valence electrons. The van der Waals surface area contributed by atoms with Gasteiger partial charge < -0.3 is 5.73 Å². The minimum absolute atomic E-state index is 0.0469. The highest BCUT2D eigenvalue weighted by Crippen LogP contribution is 2.19. The molecule has 3 nitrogen and oxygen atoms in total. The first kappa shape index (κ1) is 8.64. The third kappa shape index (κ3) is 1.21. The Morgan fingerprint density at radius 2 is 2.36 bits per heavy atom. The summed E-state index contributed by atoms with van der Waals surface area (Å²) in [5, 5.41) is 5.28. The van der Waals surface area contributed by atoms with Crippen LogP contribution in [0.2, 0.25) is 0 Å². The zero-order chi connectivity index (χ0) is 10.1. The number of fused-ring (bicyclic) bond motifs is 1. The second-order valence-electron chi connectivity index (χ2n) is 3.25. The second kappa shape index (κ2) is 3.08. The minimum atomic E-state index is -0.0469. The van der Waals surface area contributed by atoms with Crippen LogP contribution in [0, 0.1) is 12.3 Å². The maximum atomic E-state index is 5.70. The van der Waals surface area contributed by atoms with Crippen LogP contribution in [-0.2, 0) is 0 Å². The van der Waals surface area contributed by atoms with Crippen LogP contribution in [0.1, 0.15) is 13.0 Å². The first-order valence-corrected chi connectivity index (χ1v) is 4.41. The topological polar surface area (TPSA) is 43.8 Å². The predicted octanol–water partition coefficient (Wildman–Crippen LogP) is 1.81. The predicted molar refractivity (Wildman–Crippen MR) is 57.7 cm³/mol. The number of terminal acetylenes is 1. The zero-order valence-corrected chi connectivity index (χ0v) is 7.94. The van der Waals surface area contributed by atoms with Crippen molar-refractivity contribution < 1.29 is 0 Å². The number of nitrogens with zero attached hydrogens (tertiary/aromatic N) is 2. The Kier molecular flexibility index (Phi) is 1.90. The lowest BCUT2D eigenvalue weighted by Gasteiger charge is -2.06. The number of nitrogen functional groups attached to an aromatic ring is 1. The number of hydrogen-bond acceptors (Lipinski definition) is 2. The largest absolute Gasteiger partial charge is 0.399 e. The molecule has 1 heterocycles. The Balaban J connectivity index is 2.68. The van der Waals surface area contributed by atoms with Gasteiger partial charge in [0.25, 0.3) is 0 Å². The molecule has 3 heteroatoms. The van der Waals surface area contributed by atoms with Crippen LogP contribution in [0.25, 0.3) is 10.9 Å². The monoisotopic (exact) mass is 185 g/mol. The number of benzene rings is 1. The van der Waals surface area contributed by atoms with Gasteiger partial charge in [-0.25, -0.2) is 0 Å². The first-order valence-electron chi connectivity index (χ1n) is 4.41. The molecule has 0 saturated heterocycles. The fourth-order valence-electron chi connectivity index (χ4n) is 1.43. The van der Waals surface area contributed by atoms with E-state index >= 15 is 0 Å². The van der Waals surface area contributed by atoms with E-state index in [4.69, 9.17) is 12.2 Å². The van der Waals surface area contributed by atoms with Crippen LogP contribution < -0.4 is 5.73 Å². The third-order valence-electron chi connectivity index (χ3n) is 2.23. The van der Waals surface area contributed by atoms with E-state index in [2.05, 4.69) is 11.0 Å². The molecule has 0 aliphatic heterocycles. The van der Waals surface area contributed by atoms with Gasteiger partial charge in [0, 0.05) is 11.1 Å². The van der Waals surface area contributed by atoms with Crippen molar-refractivity contribution in [2.24, 2.45) is 0 Å². The number of rotatable bonds is 1. The lowest BCUT2D eigenvalue weighted by atomic mass is 10.2. The molecule has 0 bridgehead atoms. The van der Waals surface area contributed by atoms with Gasteiger partial charge in [-0.05, 0) is 25.1 Å². The third-order valence-corrected chi connectivity index (χ3v) is 2.23. The van der Waals surface area contributed by atoms with Crippen LogP contribution >= 0.6 is 0 Å². The summed E-state index contributed by atoms with van der Waals surface area (Å²) in [6, 6.07) is 5.64. The van der Waals surface area contributed by atoms with Gasteiger partial charge in [0.05, 0.1) is 11.7 Å². The molecular formula is C11H11N3. The molecule has 0 fully saturated rings. The van der Waals surface area contributed by atoms with Crippen molar-refractivity contribution in [1.82, 2.24) is 9.78 Å². The lowest BCUT2D eigenvalue weighted by Crippen LogP contribution is -2.03. The van der Waals surface area contributed by atoms with Crippen LogP contribution in [0.4, 0.5) is 5.69 Å². The summed E-state index contributed by atoms with van der Waals surface area (Å²) in [7, 11) is 0. The minimum Gasteiger partial charge on any atom is -0.399 e. The maximum Gasteiger partial charge on any atom is 0.110 e. The van der Waals surface area contributed by atoms with Crippen molar-refractivity contribution in [2.75, 3.05) is 5.73 Å². The number of hydrogen-bond donors (Lipinski definition) is 1. The van der Waals surface area contributed by atoms with Crippen molar-refractivity contribution >= 4 is 16.6 Å². The fourth-order valence-corrected chi connectivity index (χ4v) is 1.43. The molecule has 0 radical (unpaired) electrons. The van der Waals surface area contributed by atoms with Gasteiger partial charge in [-0.2, -0.15) is 5.10 Å². The second-order valence-corrected chi connectivity index (χ2v) is 3.25. The summed E-state index contributed by atoms with van der Waals surface area (Å²) in [6.45, 7) is 1.93. The number of nitrogens with two attached hydrogens (primary N) is 1. The van der Waals surface area contributed by atoms with Crippen molar-refractivity contribution in [2.45, 2.75) is 13.0 Å². The Bertz CT molecular complexity index is 505. The molecule has 1 aromatic heterocycles. The van der Waals surface area contributed by atoms with Gasteiger partial charge in [0.15, 0.2) is 0 Å². The Hall–Kier alpha value is -1.95. The van der Waals surface area contributed by atoms with Crippen molar-refractivity contribution in [1.29, 1.82) is 0 Å². The van der Waals surface area contributed by atoms with Gasteiger partial charge in [-0.1, -0.05) is 5.92 Å². The highest BCUT2D eigenvalue weighted by atomic mass is 15.3. The molecule has 1 atom stereocenters. The van der Waals surface area contributed by atoms with E-state index in [0.717, 1.165) is 16.6 Å². The summed E-state index contributed by atoms with van der Waals surface area (Å²) in [5.41, 5.74) is 7.41. The van der Waals surface area contributed by atoms with Gasteiger partial charge >= 0.3 is 0 Å². The van der Waals surface area contributed by atoms with Crippen molar-refractivity contribution in [3.05, 3.63) is 24.4 Å². The van der Waals surface area contributed by atoms with Gasteiger partial charge in [-0.15, -0.1) is 6.42 Å². The Morgan fingerprint density at radius 3 is 3.07 bits per heavy atom. The summed E-state index contributed by atoms with van der Waals surface area (Å²) in [4.78, 5) is 0. The number of anilines is 1. The molecule has 0 aliphatic rings. The molecule has 1 unspecified atom stereocenters. The van der Waals surface area contributed by atoms with Crippen LogP contribution in [0.5, 0.6) is 0 Å². The van der Waals surface area contributed by atoms with Crippen LogP contribution in [-0.4, -0.2) is 9.78 Å². The molecule has 2 aromatic rings. The lowest BCUT2D eigenvalue weighted by molar-refractivity contribution is 0.618. The van der Waals surface area contributed by atoms with Gasteiger partial charge in [0.2, 0.25) is 0 Å². The standard InChI is InChI=1S/C11H11N3/c1-3-8(2)14-11-6-10(12)5-4-9(11)7-13-14/h1,4-8H,12H2,2H3. The highest BCUT2D eigenvalue weighted by molar-refractivity contribution is 5.82. The molecule has 14 heavy (non-hydrogen) atoms. The summed E-state index contributed by atoms with van der Waals surface area (Å²) in [5.74, 6) is 2.64. The van der Waals surface area contributed by atoms with E-state index in [9.17, 15) is 0 Å². The average molecular weight is 185 g/mol. The van der Waals surface area contributed by atoms with Gasteiger partial charge in [0.1, 0.15) is 6.04 Å². The maximum absolute atomic E-state index is 5.70. The van der Waals surface area contributed by atoms with E-state index in [0.29, 0.717) is 0 Å². The van der Waals surface area contributed by atoms with E-state index < -0.39 is 0 Å². The normalized spacial score (nSPS) is 12.6. The smallest absolute Gasteiger partial charge is 0.110 e. The average Bonchev–Trinajstić information content (AvgIpc) is 2.59. The van der Waals surface area contributed by atoms with Crippen molar-refractivity contribution in [3.8, 4) is 12.3 Å². The molecular weight excluding hydrogens is 174 g/mol.